The summed E-state index contributed by atoms with van der Waals surface area (Å²) in [6.45, 7) is 4.37. The van der Waals surface area contributed by atoms with Crippen molar-refractivity contribution in [1.29, 1.82) is 0 Å². The van der Waals surface area contributed by atoms with Gasteiger partial charge in [-0.15, -0.1) is 0 Å². The average Bonchev–Trinajstić information content (AvgIpc) is 2.50. The minimum Gasteiger partial charge on any atom is -0.265 e. The van der Waals surface area contributed by atoms with Gasteiger partial charge in [0.25, 0.3) is 0 Å². The molecule has 0 spiro atoms. The van der Waals surface area contributed by atoms with Crippen LogP contribution in [0, 0.1) is 19.7 Å². The zero-order valence-corrected chi connectivity index (χ0v) is 10.8. The fourth-order valence-electron chi connectivity index (χ4n) is 1.65. The Morgan fingerprint density at radius 3 is 2.62 bits per heavy atom. The molecule has 2 rings (SSSR count). The largest absolute Gasteiger partial charge is 0.265 e. The van der Waals surface area contributed by atoms with Crippen molar-refractivity contribution in [2.75, 3.05) is 0 Å². The van der Waals surface area contributed by atoms with E-state index in [4.69, 9.17) is 0 Å². The molecule has 0 amide bonds. The Bertz CT molecular complexity index is 520. The van der Waals surface area contributed by atoms with Crippen molar-refractivity contribution in [2.24, 2.45) is 0 Å². The number of nitrogens with zero attached hydrogens (tertiary/aromatic N) is 2. The summed E-state index contributed by atoms with van der Waals surface area (Å²) in [5, 5.41) is 4.31. The highest BCUT2D eigenvalue weighted by Gasteiger charge is 2.06. The Morgan fingerprint density at radius 1 is 1.31 bits per heavy atom. The van der Waals surface area contributed by atoms with E-state index in [0.29, 0.717) is 12.1 Å². The van der Waals surface area contributed by atoms with Crippen LogP contribution in [0.4, 0.5) is 4.39 Å². The normalized spacial score (nSPS) is 10.8. The number of hydrogen-bond donors (Lipinski definition) is 0. The Kier molecular flexibility index (Phi) is 3.10. The molecule has 0 saturated heterocycles. The van der Waals surface area contributed by atoms with E-state index in [1.807, 2.05) is 30.7 Å². The van der Waals surface area contributed by atoms with Crippen LogP contribution >= 0.6 is 15.9 Å². The zero-order chi connectivity index (χ0) is 11.7. The van der Waals surface area contributed by atoms with Gasteiger partial charge in [0.05, 0.1) is 12.2 Å². The third-order valence-electron chi connectivity index (χ3n) is 2.44. The van der Waals surface area contributed by atoms with E-state index < -0.39 is 0 Å². The molecule has 2 nitrogen and oxygen atoms in total. The maximum absolute atomic E-state index is 13.6. The quantitative estimate of drug-likeness (QED) is 0.825. The lowest BCUT2D eigenvalue weighted by Gasteiger charge is -2.06. The first-order valence-corrected chi connectivity index (χ1v) is 5.80. The lowest BCUT2D eigenvalue weighted by atomic mass is 10.2. The van der Waals surface area contributed by atoms with E-state index >= 15 is 0 Å². The average molecular weight is 283 g/mol. The molecule has 4 heteroatoms. The van der Waals surface area contributed by atoms with Crippen molar-refractivity contribution in [3.8, 4) is 0 Å². The smallest absolute Gasteiger partial charge is 0.129 e. The molecular weight excluding hydrogens is 271 g/mol. The van der Waals surface area contributed by atoms with Gasteiger partial charge < -0.3 is 0 Å². The summed E-state index contributed by atoms with van der Waals surface area (Å²) in [7, 11) is 0. The Balaban J connectivity index is 2.30. The third-order valence-corrected chi connectivity index (χ3v) is 2.93. The SMILES string of the molecule is Cc1cc(C)n(Cc2ccc(Br)cc2F)n1. The van der Waals surface area contributed by atoms with Gasteiger partial charge >= 0.3 is 0 Å². The summed E-state index contributed by atoms with van der Waals surface area (Å²) in [6, 6.07) is 7.07. The highest BCUT2D eigenvalue weighted by Crippen LogP contribution is 2.16. The molecule has 1 aromatic carbocycles. The standard InChI is InChI=1S/C12H12BrFN2/c1-8-5-9(2)16(15-8)7-10-3-4-11(13)6-12(10)14/h3-6H,7H2,1-2H3. The highest BCUT2D eigenvalue weighted by molar-refractivity contribution is 9.10. The first-order valence-electron chi connectivity index (χ1n) is 5.01. The van der Waals surface area contributed by atoms with E-state index in [0.717, 1.165) is 15.9 Å². The Hall–Kier alpha value is -1.16. The predicted octanol–water partition coefficient (Wildman–Crippen LogP) is 3.45. The lowest BCUT2D eigenvalue weighted by Crippen LogP contribution is -2.05. The molecule has 16 heavy (non-hydrogen) atoms. The number of hydrogen-bond acceptors (Lipinski definition) is 1. The minimum atomic E-state index is -0.207. The fourth-order valence-corrected chi connectivity index (χ4v) is 1.98. The monoisotopic (exact) mass is 282 g/mol. The molecule has 0 radical (unpaired) electrons. The molecule has 0 aliphatic heterocycles. The number of benzene rings is 1. The van der Waals surface area contributed by atoms with E-state index in [-0.39, 0.29) is 5.82 Å². The molecule has 0 aliphatic carbocycles. The molecule has 0 bridgehead atoms. The summed E-state index contributed by atoms with van der Waals surface area (Å²) in [4.78, 5) is 0. The van der Waals surface area contributed by atoms with E-state index in [2.05, 4.69) is 21.0 Å². The van der Waals surface area contributed by atoms with Crippen LogP contribution < -0.4 is 0 Å². The van der Waals surface area contributed by atoms with Gasteiger partial charge in [-0.05, 0) is 32.0 Å². The summed E-state index contributed by atoms with van der Waals surface area (Å²) in [5.41, 5.74) is 2.64. The maximum atomic E-state index is 13.6. The van der Waals surface area contributed by atoms with Crippen LogP contribution in [0.1, 0.15) is 17.0 Å². The summed E-state index contributed by atoms with van der Waals surface area (Å²) < 4.78 is 16.2. The molecule has 0 fully saturated rings. The molecule has 2 aromatic rings. The van der Waals surface area contributed by atoms with Gasteiger partial charge in [-0.3, -0.25) is 4.68 Å². The van der Waals surface area contributed by atoms with Crippen molar-refractivity contribution >= 4 is 15.9 Å². The molecular formula is C12H12BrFN2. The van der Waals surface area contributed by atoms with Crippen LogP contribution in [0.3, 0.4) is 0 Å². The Labute approximate surface area is 102 Å². The topological polar surface area (TPSA) is 17.8 Å². The van der Waals surface area contributed by atoms with Crippen LogP contribution in [-0.4, -0.2) is 9.78 Å². The molecule has 1 aromatic heterocycles. The first-order chi connectivity index (χ1) is 7.56. The molecule has 1 heterocycles. The second-order valence-corrected chi connectivity index (χ2v) is 4.74. The first kappa shape index (κ1) is 11.3. The summed E-state index contributed by atoms with van der Waals surface area (Å²) in [5.74, 6) is -0.207. The van der Waals surface area contributed by atoms with Gasteiger partial charge in [0.1, 0.15) is 5.82 Å². The molecule has 0 saturated carbocycles. The Morgan fingerprint density at radius 2 is 2.06 bits per heavy atom. The molecule has 0 atom stereocenters. The van der Waals surface area contributed by atoms with Gasteiger partial charge in [0.2, 0.25) is 0 Å². The third kappa shape index (κ3) is 2.32. The second kappa shape index (κ2) is 4.37. The van der Waals surface area contributed by atoms with Crippen molar-refractivity contribution < 1.29 is 4.39 Å². The fraction of sp³-hybridized carbons (Fsp3) is 0.250. The predicted molar refractivity (Wildman–Crippen MR) is 64.9 cm³/mol. The van der Waals surface area contributed by atoms with Crippen molar-refractivity contribution in [1.82, 2.24) is 9.78 Å². The van der Waals surface area contributed by atoms with Gasteiger partial charge in [-0.2, -0.15) is 5.10 Å². The van der Waals surface area contributed by atoms with Crippen molar-refractivity contribution in [2.45, 2.75) is 20.4 Å². The number of aryl methyl sites for hydroxylation is 2. The van der Waals surface area contributed by atoms with E-state index in [9.17, 15) is 4.39 Å². The molecule has 0 aliphatic rings. The lowest BCUT2D eigenvalue weighted by molar-refractivity contribution is 0.578. The van der Waals surface area contributed by atoms with E-state index in [1.165, 1.54) is 6.07 Å². The van der Waals surface area contributed by atoms with Gasteiger partial charge in [-0.25, -0.2) is 4.39 Å². The number of halogens is 2. The van der Waals surface area contributed by atoms with Gasteiger partial charge in [0, 0.05) is 15.7 Å². The molecule has 84 valence electrons. The van der Waals surface area contributed by atoms with Crippen LogP contribution in [0.25, 0.3) is 0 Å². The van der Waals surface area contributed by atoms with Crippen LogP contribution in [0.2, 0.25) is 0 Å². The van der Waals surface area contributed by atoms with Gasteiger partial charge in [0.15, 0.2) is 0 Å². The summed E-state index contributed by atoms with van der Waals surface area (Å²) >= 11 is 3.24. The number of aromatic nitrogens is 2. The summed E-state index contributed by atoms with van der Waals surface area (Å²) in [6.07, 6.45) is 0. The van der Waals surface area contributed by atoms with Gasteiger partial charge in [-0.1, -0.05) is 22.0 Å². The maximum Gasteiger partial charge on any atom is 0.129 e. The second-order valence-electron chi connectivity index (χ2n) is 3.82. The zero-order valence-electron chi connectivity index (χ0n) is 9.17. The van der Waals surface area contributed by atoms with Crippen molar-refractivity contribution in [3.05, 3.63) is 51.5 Å². The molecule has 0 N–H and O–H groups in total. The highest BCUT2D eigenvalue weighted by atomic mass is 79.9. The number of rotatable bonds is 2. The minimum absolute atomic E-state index is 0.207. The molecule has 0 unspecified atom stereocenters. The van der Waals surface area contributed by atoms with E-state index in [1.54, 1.807) is 6.07 Å². The van der Waals surface area contributed by atoms with Crippen LogP contribution in [0.5, 0.6) is 0 Å². The van der Waals surface area contributed by atoms with Crippen LogP contribution in [-0.2, 0) is 6.54 Å². The van der Waals surface area contributed by atoms with Crippen molar-refractivity contribution in [3.63, 3.8) is 0 Å². The van der Waals surface area contributed by atoms with Crippen LogP contribution in [0.15, 0.2) is 28.7 Å².